The smallest absolute Gasteiger partial charge is 0.430 e. The summed E-state index contributed by atoms with van der Waals surface area (Å²) in [5.41, 5.74) is 0. The highest BCUT2D eigenvalue weighted by atomic mass is 16.8. The molecule has 1 aliphatic heterocycles. The minimum absolute atomic E-state index is 0.112. The Morgan fingerprint density at radius 1 is 1.08 bits per heavy atom. The topological polar surface area (TPSA) is 130 Å². The molecular formula is C15H22O10. The van der Waals surface area contributed by atoms with E-state index in [1.54, 1.807) is 0 Å². The van der Waals surface area contributed by atoms with Crippen molar-refractivity contribution in [3.63, 3.8) is 0 Å². The SMILES string of the molecule is C=CCOC(=O)O[C@H]1[C@@H](OC)O[C@H](CO)[C@H](O)[C@@H]1OC(=O)OCC=C. The fourth-order valence-corrected chi connectivity index (χ4v) is 2.04. The minimum atomic E-state index is -1.51. The van der Waals surface area contributed by atoms with Crippen LogP contribution in [0.4, 0.5) is 9.59 Å². The average molecular weight is 362 g/mol. The van der Waals surface area contributed by atoms with Gasteiger partial charge in [0.2, 0.25) is 0 Å². The molecule has 0 saturated carbocycles. The van der Waals surface area contributed by atoms with Crippen molar-refractivity contribution in [1.29, 1.82) is 0 Å². The zero-order valence-electron chi connectivity index (χ0n) is 13.7. The van der Waals surface area contributed by atoms with Gasteiger partial charge in [0.1, 0.15) is 25.4 Å². The van der Waals surface area contributed by atoms with Gasteiger partial charge in [-0.15, -0.1) is 0 Å². The van der Waals surface area contributed by atoms with Gasteiger partial charge in [0, 0.05) is 7.11 Å². The van der Waals surface area contributed by atoms with Gasteiger partial charge in [-0.2, -0.15) is 0 Å². The second-order valence-electron chi connectivity index (χ2n) is 4.82. The molecule has 1 fully saturated rings. The Morgan fingerprint density at radius 3 is 2.04 bits per heavy atom. The zero-order chi connectivity index (χ0) is 18.8. The number of hydrogen-bond acceptors (Lipinski definition) is 10. The molecular weight excluding hydrogens is 340 g/mol. The largest absolute Gasteiger partial charge is 0.509 e. The summed E-state index contributed by atoms with van der Waals surface area (Å²) in [5.74, 6) is 0. The number of carbonyl (C=O) groups is 2. The van der Waals surface area contributed by atoms with Crippen molar-refractivity contribution in [3.8, 4) is 0 Å². The van der Waals surface area contributed by atoms with Crippen LogP contribution < -0.4 is 0 Å². The molecule has 0 amide bonds. The van der Waals surface area contributed by atoms with Gasteiger partial charge in [0.05, 0.1) is 6.61 Å². The molecule has 0 aromatic rings. The van der Waals surface area contributed by atoms with Gasteiger partial charge < -0.3 is 38.6 Å². The molecule has 0 spiro atoms. The van der Waals surface area contributed by atoms with E-state index in [-0.39, 0.29) is 13.2 Å². The van der Waals surface area contributed by atoms with E-state index in [1.165, 1.54) is 19.3 Å². The Hall–Kier alpha value is -2.14. The van der Waals surface area contributed by atoms with E-state index in [0.29, 0.717) is 0 Å². The molecule has 0 radical (unpaired) electrons. The highest BCUT2D eigenvalue weighted by Gasteiger charge is 2.50. The summed E-state index contributed by atoms with van der Waals surface area (Å²) < 4.78 is 29.7. The van der Waals surface area contributed by atoms with E-state index < -0.39 is 49.6 Å². The average Bonchev–Trinajstić information content (AvgIpc) is 2.61. The lowest BCUT2D eigenvalue weighted by Crippen LogP contribution is -2.61. The monoisotopic (exact) mass is 362 g/mol. The van der Waals surface area contributed by atoms with Gasteiger partial charge in [-0.05, 0) is 0 Å². The molecule has 1 heterocycles. The van der Waals surface area contributed by atoms with Gasteiger partial charge in [-0.25, -0.2) is 9.59 Å². The van der Waals surface area contributed by atoms with Gasteiger partial charge in [0.15, 0.2) is 18.5 Å². The van der Waals surface area contributed by atoms with Crippen LogP contribution >= 0.6 is 0 Å². The van der Waals surface area contributed by atoms with Crippen molar-refractivity contribution < 1.29 is 48.2 Å². The highest BCUT2D eigenvalue weighted by Crippen LogP contribution is 2.27. The summed E-state index contributed by atoms with van der Waals surface area (Å²) in [7, 11) is 1.25. The van der Waals surface area contributed by atoms with Crippen LogP contribution in [0.15, 0.2) is 25.3 Å². The Morgan fingerprint density at radius 2 is 1.60 bits per heavy atom. The zero-order valence-corrected chi connectivity index (χ0v) is 13.7. The normalized spacial score (nSPS) is 28.5. The Kier molecular flexibility index (Phi) is 8.92. The number of carbonyl (C=O) groups excluding carboxylic acids is 2. The molecule has 10 nitrogen and oxygen atoms in total. The van der Waals surface area contributed by atoms with Crippen LogP contribution in [0.1, 0.15) is 0 Å². The summed E-state index contributed by atoms with van der Waals surface area (Å²) in [6.07, 6.45) is -6.27. The van der Waals surface area contributed by atoms with Crippen LogP contribution in [0.25, 0.3) is 0 Å². The molecule has 5 atom stereocenters. The molecule has 0 bridgehead atoms. The Bertz CT molecular complexity index is 465. The lowest BCUT2D eigenvalue weighted by atomic mass is 9.99. The second-order valence-corrected chi connectivity index (χ2v) is 4.82. The van der Waals surface area contributed by atoms with Crippen molar-refractivity contribution in [3.05, 3.63) is 25.3 Å². The molecule has 1 aliphatic rings. The lowest BCUT2D eigenvalue weighted by Gasteiger charge is -2.41. The quantitative estimate of drug-likeness (QED) is 0.454. The maximum Gasteiger partial charge on any atom is 0.509 e. The van der Waals surface area contributed by atoms with E-state index in [4.69, 9.17) is 18.9 Å². The van der Waals surface area contributed by atoms with Crippen molar-refractivity contribution in [1.82, 2.24) is 0 Å². The van der Waals surface area contributed by atoms with Crippen LogP contribution in [0.5, 0.6) is 0 Å². The van der Waals surface area contributed by atoms with Crippen molar-refractivity contribution in [2.24, 2.45) is 0 Å². The molecule has 25 heavy (non-hydrogen) atoms. The van der Waals surface area contributed by atoms with Crippen LogP contribution in [-0.2, 0) is 28.4 Å². The maximum absolute atomic E-state index is 11.7. The molecule has 142 valence electrons. The van der Waals surface area contributed by atoms with Gasteiger partial charge in [-0.1, -0.05) is 25.3 Å². The fraction of sp³-hybridized carbons (Fsp3) is 0.600. The first-order chi connectivity index (χ1) is 12.0. The van der Waals surface area contributed by atoms with Crippen LogP contribution in [0.3, 0.4) is 0 Å². The molecule has 10 heteroatoms. The van der Waals surface area contributed by atoms with E-state index in [0.717, 1.165) is 0 Å². The van der Waals surface area contributed by atoms with E-state index in [2.05, 4.69) is 22.6 Å². The summed E-state index contributed by atoms with van der Waals surface area (Å²) >= 11 is 0. The third-order valence-corrected chi connectivity index (χ3v) is 3.13. The lowest BCUT2D eigenvalue weighted by molar-refractivity contribution is -0.296. The number of hydrogen-bond donors (Lipinski definition) is 2. The van der Waals surface area contributed by atoms with Crippen LogP contribution in [-0.4, -0.2) is 80.2 Å². The van der Waals surface area contributed by atoms with E-state index in [9.17, 15) is 19.8 Å². The van der Waals surface area contributed by atoms with E-state index >= 15 is 0 Å². The van der Waals surface area contributed by atoms with Gasteiger partial charge >= 0.3 is 12.3 Å². The van der Waals surface area contributed by atoms with Crippen molar-refractivity contribution in [2.45, 2.75) is 30.7 Å². The third-order valence-electron chi connectivity index (χ3n) is 3.13. The van der Waals surface area contributed by atoms with Crippen molar-refractivity contribution in [2.75, 3.05) is 26.9 Å². The number of methoxy groups -OCH3 is 1. The third kappa shape index (κ3) is 6.02. The van der Waals surface area contributed by atoms with Crippen LogP contribution in [0, 0.1) is 0 Å². The summed E-state index contributed by atoms with van der Waals surface area (Å²) in [6.45, 7) is 5.94. The number of aliphatic hydroxyl groups excluding tert-OH is 2. The number of aliphatic hydroxyl groups is 2. The van der Waals surface area contributed by atoms with Crippen molar-refractivity contribution >= 4 is 12.3 Å². The molecule has 2 N–H and O–H groups in total. The first-order valence-corrected chi connectivity index (χ1v) is 7.34. The summed E-state index contributed by atoms with van der Waals surface area (Å²) in [4.78, 5) is 23.4. The molecule has 0 unspecified atom stereocenters. The maximum atomic E-state index is 11.7. The summed E-state index contributed by atoms with van der Waals surface area (Å²) in [6, 6.07) is 0. The summed E-state index contributed by atoms with van der Waals surface area (Å²) in [5, 5.41) is 19.5. The fourth-order valence-electron chi connectivity index (χ4n) is 2.04. The Labute approximate surface area is 144 Å². The molecule has 0 aliphatic carbocycles. The highest BCUT2D eigenvalue weighted by molar-refractivity contribution is 5.61. The molecule has 0 aromatic heterocycles. The standard InChI is InChI=1S/C15H22O10/c1-4-6-21-14(18)24-11-10(17)9(8-16)23-13(20-3)12(11)25-15(19)22-7-5-2/h4-5,9-13,16-17H,1-2,6-8H2,3H3/t9-,10+,11+,12-,13+/m1/s1. The second kappa shape index (κ2) is 10.7. The first kappa shape index (κ1) is 20.9. The van der Waals surface area contributed by atoms with Gasteiger partial charge in [0.25, 0.3) is 0 Å². The Balaban J connectivity index is 2.92. The minimum Gasteiger partial charge on any atom is -0.430 e. The number of ether oxygens (including phenoxy) is 6. The van der Waals surface area contributed by atoms with Crippen LogP contribution in [0.2, 0.25) is 0 Å². The van der Waals surface area contributed by atoms with Gasteiger partial charge in [-0.3, -0.25) is 0 Å². The molecule has 1 saturated heterocycles. The predicted octanol–water partition coefficient (Wildman–Crippen LogP) is 0.127. The number of rotatable bonds is 8. The molecule has 1 rings (SSSR count). The van der Waals surface area contributed by atoms with E-state index in [1.807, 2.05) is 0 Å². The predicted molar refractivity (Wildman–Crippen MR) is 81.6 cm³/mol. The molecule has 0 aromatic carbocycles. The first-order valence-electron chi connectivity index (χ1n) is 7.34.